The first-order valence-corrected chi connectivity index (χ1v) is 11.8. The van der Waals surface area contributed by atoms with Crippen LogP contribution in [0.5, 0.6) is 5.75 Å². The van der Waals surface area contributed by atoms with Gasteiger partial charge in [-0.05, 0) is 72.8 Å². The standard InChI is InChI=1S/C26H32F4O/c1-2-3-4-5-16-6-7-18-13-19(9-8-17(18)12-16)20-10-11-22-21(14-20)15-23(27)25(24(22)28)31-26(29)30/h10-11,14-19,26H,2-9,12-13H2,1H3/t16-,17?,18-,19?/m1/s1. The van der Waals surface area contributed by atoms with Gasteiger partial charge >= 0.3 is 6.61 Å². The lowest BCUT2D eigenvalue weighted by Crippen LogP contribution is -2.30. The summed E-state index contributed by atoms with van der Waals surface area (Å²) in [6.45, 7) is -1.01. The second-order valence-corrected chi connectivity index (χ2v) is 9.57. The Balaban J connectivity index is 1.45. The topological polar surface area (TPSA) is 9.23 Å². The maximum absolute atomic E-state index is 14.5. The Labute approximate surface area is 182 Å². The molecule has 0 aliphatic heterocycles. The lowest BCUT2D eigenvalue weighted by molar-refractivity contribution is -0.0544. The highest BCUT2D eigenvalue weighted by molar-refractivity contribution is 5.85. The van der Waals surface area contributed by atoms with Crippen LogP contribution in [0.4, 0.5) is 17.6 Å². The van der Waals surface area contributed by atoms with E-state index in [9.17, 15) is 17.6 Å². The SMILES string of the molecule is CCCCC[C@@H]1CC[C@@H]2CC(c3ccc4c(F)c(OC(F)F)c(F)cc4c3)CCC2C1. The van der Waals surface area contributed by atoms with Crippen LogP contribution in [0.2, 0.25) is 0 Å². The number of benzene rings is 2. The van der Waals surface area contributed by atoms with E-state index >= 15 is 0 Å². The predicted molar refractivity (Wildman–Crippen MR) is 116 cm³/mol. The van der Waals surface area contributed by atoms with Crippen LogP contribution in [0.15, 0.2) is 24.3 Å². The maximum Gasteiger partial charge on any atom is 0.387 e. The molecule has 2 unspecified atom stereocenters. The molecule has 0 heterocycles. The van der Waals surface area contributed by atoms with Crippen molar-refractivity contribution < 1.29 is 22.3 Å². The van der Waals surface area contributed by atoms with Gasteiger partial charge in [-0.25, -0.2) is 8.78 Å². The molecular formula is C26H32F4O. The molecule has 0 N–H and O–H groups in total. The molecule has 2 aromatic rings. The minimum absolute atomic E-state index is 0.113. The summed E-state index contributed by atoms with van der Waals surface area (Å²) in [5.74, 6) is -0.315. The fraction of sp³-hybridized carbons (Fsp3) is 0.615. The molecule has 2 aliphatic carbocycles. The lowest BCUT2D eigenvalue weighted by Gasteiger charge is -2.42. The third kappa shape index (κ3) is 5.01. The number of alkyl halides is 2. The zero-order valence-corrected chi connectivity index (χ0v) is 18.2. The molecule has 0 aromatic heterocycles. The molecule has 2 fully saturated rings. The van der Waals surface area contributed by atoms with Gasteiger partial charge < -0.3 is 4.74 Å². The molecule has 2 aromatic carbocycles. The van der Waals surface area contributed by atoms with Crippen LogP contribution < -0.4 is 4.74 Å². The van der Waals surface area contributed by atoms with Gasteiger partial charge in [-0.2, -0.15) is 8.78 Å². The normalized spacial score (nSPS) is 26.3. The maximum atomic E-state index is 14.5. The summed E-state index contributed by atoms with van der Waals surface area (Å²) in [5, 5.41) is 0.512. The zero-order valence-electron chi connectivity index (χ0n) is 18.2. The highest BCUT2D eigenvalue weighted by Crippen LogP contribution is 2.48. The lowest BCUT2D eigenvalue weighted by atomic mass is 9.63. The van der Waals surface area contributed by atoms with E-state index in [1.807, 2.05) is 12.1 Å². The number of fused-ring (bicyclic) bond motifs is 2. The summed E-state index contributed by atoms with van der Waals surface area (Å²) in [6.07, 6.45) is 12.8. The Morgan fingerprint density at radius 2 is 1.74 bits per heavy atom. The van der Waals surface area contributed by atoms with Crippen molar-refractivity contribution >= 4 is 10.8 Å². The van der Waals surface area contributed by atoms with Gasteiger partial charge in [0, 0.05) is 5.39 Å². The van der Waals surface area contributed by atoms with Crippen LogP contribution in [0.1, 0.15) is 82.6 Å². The van der Waals surface area contributed by atoms with Crippen LogP contribution in [0, 0.1) is 29.4 Å². The predicted octanol–water partition coefficient (Wildman–Crippen LogP) is 8.60. The van der Waals surface area contributed by atoms with Crippen LogP contribution in [0.3, 0.4) is 0 Å². The smallest absolute Gasteiger partial charge is 0.387 e. The van der Waals surface area contributed by atoms with E-state index < -0.39 is 24.0 Å². The van der Waals surface area contributed by atoms with Crippen molar-refractivity contribution in [2.45, 2.75) is 83.7 Å². The number of hydrogen-bond donors (Lipinski definition) is 0. The fourth-order valence-electron chi connectivity index (χ4n) is 6.02. The monoisotopic (exact) mass is 436 g/mol. The zero-order chi connectivity index (χ0) is 22.0. The van der Waals surface area contributed by atoms with Crippen molar-refractivity contribution in [1.82, 2.24) is 0 Å². The number of rotatable bonds is 7. The third-order valence-electron chi connectivity index (χ3n) is 7.63. The average Bonchev–Trinajstić information content (AvgIpc) is 2.76. The first-order chi connectivity index (χ1) is 15.0. The van der Waals surface area contributed by atoms with E-state index in [4.69, 9.17) is 0 Å². The first kappa shape index (κ1) is 22.4. The Kier molecular flexibility index (Phi) is 7.08. The molecule has 2 saturated carbocycles. The van der Waals surface area contributed by atoms with E-state index in [1.54, 1.807) is 6.07 Å². The van der Waals surface area contributed by atoms with Gasteiger partial charge in [-0.3, -0.25) is 0 Å². The quantitative estimate of drug-likeness (QED) is 0.312. The molecule has 0 bridgehead atoms. The molecule has 2 aliphatic rings. The Morgan fingerprint density at radius 3 is 2.52 bits per heavy atom. The Bertz CT molecular complexity index is 897. The van der Waals surface area contributed by atoms with E-state index in [2.05, 4.69) is 11.7 Å². The van der Waals surface area contributed by atoms with Crippen molar-refractivity contribution in [3.63, 3.8) is 0 Å². The first-order valence-electron chi connectivity index (χ1n) is 11.8. The highest BCUT2D eigenvalue weighted by atomic mass is 19.3. The summed E-state index contributed by atoms with van der Waals surface area (Å²) in [4.78, 5) is 0. The van der Waals surface area contributed by atoms with Gasteiger partial charge in [0.2, 0.25) is 0 Å². The number of hydrogen-bond acceptors (Lipinski definition) is 1. The van der Waals surface area contributed by atoms with Crippen LogP contribution in [0.25, 0.3) is 10.8 Å². The molecule has 0 spiro atoms. The molecule has 0 saturated heterocycles. The summed E-state index contributed by atoms with van der Waals surface area (Å²) in [6, 6.07) is 6.38. The second-order valence-electron chi connectivity index (χ2n) is 9.57. The largest absolute Gasteiger partial charge is 0.429 e. The summed E-state index contributed by atoms with van der Waals surface area (Å²) in [5.41, 5.74) is 1.09. The minimum Gasteiger partial charge on any atom is -0.429 e. The van der Waals surface area contributed by atoms with Crippen LogP contribution in [-0.2, 0) is 0 Å². The summed E-state index contributed by atoms with van der Waals surface area (Å²) >= 11 is 0. The van der Waals surface area contributed by atoms with Gasteiger partial charge in [0.25, 0.3) is 0 Å². The van der Waals surface area contributed by atoms with Crippen molar-refractivity contribution in [3.05, 3.63) is 41.5 Å². The summed E-state index contributed by atoms with van der Waals surface area (Å²) < 4.78 is 57.7. The van der Waals surface area contributed by atoms with E-state index in [-0.39, 0.29) is 5.39 Å². The molecule has 170 valence electrons. The molecule has 0 radical (unpaired) electrons. The molecule has 1 nitrogen and oxygen atoms in total. The Morgan fingerprint density at radius 1 is 0.968 bits per heavy atom. The van der Waals surface area contributed by atoms with Gasteiger partial charge in [0.1, 0.15) is 0 Å². The summed E-state index contributed by atoms with van der Waals surface area (Å²) in [7, 11) is 0. The van der Waals surface area contributed by atoms with Gasteiger partial charge in [0.15, 0.2) is 17.4 Å². The second kappa shape index (κ2) is 9.79. The highest BCUT2D eigenvalue weighted by Gasteiger charge is 2.35. The molecule has 31 heavy (non-hydrogen) atoms. The van der Waals surface area contributed by atoms with Crippen molar-refractivity contribution in [2.75, 3.05) is 0 Å². The van der Waals surface area contributed by atoms with Crippen LogP contribution >= 0.6 is 0 Å². The van der Waals surface area contributed by atoms with Gasteiger partial charge in [0.05, 0.1) is 0 Å². The van der Waals surface area contributed by atoms with Gasteiger partial charge in [-0.1, -0.05) is 57.2 Å². The van der Waals surface area contributed by atoms with Gasteiger partial charge in [-0.15, -0.1) is 0 Å². The fourth-order valence-corrected chi connectivity index (χ4v) is 6.02. The van der Waals surface area contributed by atoms with Crippen molar-refractivity contribution in [3.8, 4) is 5.75 Å². The average molecular weight is 437 g/mol. The van der Waals surface area contributed by atoms with E-state index in [0.717, 1.165) is 42.2 Å². The molecule has 5 heteroatoms. The van der Waals surface area contributed by atoms with Crippen molar-refractivity contribution in [2.24, 2.45) is 17.8 Å². The molecule has 4 rings (SSSR count). The number of halogens is 4. The van der Waals surface area contributed by atoms with Crippen LogP contribution in [-0.4, -0.2) is 6.61 Å². The minimum atomic E-state index is -3.27. The number of ether oxygens (including phenoxy) is 1. The Hall–Kier alpha value is -1.78. The molecule has 4 atom stereocenters. The molecular weight excluding hydrogens is 404 g/mol. The number of unbranched alkanes of at least 4 members (excludes halogenated alkanes) is 2. The van der Waals surface area contributed by atoms with Crippen molar-refractivity contribution in [1.29, 1.82) is 0 Å². The molecule has 0 amide bonds. The van der Waals surface area contributed by atoms with E-state index in [0.29, 0.717) is 11.3 Å². The third-order valence-corrected chi connectivity index (χ3v) is 7.63. The van der Waals surface area contributed by atoms with E-state index in [1.165, 1.54) is 51.4 Å².